The minimum Gasteiger partial charge on any atom is -0.497 e. The summed E-state index contributed by atoms with van der Waals surface area (Å²) in [6, 6.07) is 17.1. The molecule has 9 nitrogen and oxygen atoms in total. The Morgan fingerprint density at radius 3 is 2.34 bits per heavy atom. The molecular formula is C23H18N4O5. The number of anilines is 2. The molecule has 2 aromatic heterocycles. The van der Waals surface area contributed by atoms with Crippen molar-refractivity contribution >= 4 is 34.3 Å². The number of aromatic nitrogens is 1. The Balaban J connectivity index is 1.75. The Morgan fingerprint density at radius 2 is 1.72 bits per heavy atom. The van der Waals surface area contributed by atoms with Gasteiger partial charge in [0.25, 0.3) is 11.6 Å². The SMILES string of the molecule is COc1ccc(NC(=O)c2c(N)c(C(=O)c3ccc([N+](=O)[O-])cc3)n3ccccc23)cc1. The summed E-state index contributed by atoms with van der Waals surface area (Å²) in [6.07, 6.45) is 1.63. The highest BCUT2D eigenvalue weighted by Crippen LogP contribution is 2.30. The van der Waals surface area contributed by atoms with Gasteiger partial charge in [0.2, 0.25) is 5.78 Å². The summed E-state index contributed by atoms with van der Waals surface area (Å²) < 4.78 is 6.66. The first-order valence-electron chi connectivity index (χ1n) is 9.53. The van der Waals surface area contributed by atoms with Gasteiger partial charge in [-0.2, -0.15) is 0 Å². The standard InChI is InChI=1S/C23H18N4O5/c1-32-17-11-7-15(8-12-17)25-23(29)19-18-4-2-3-13-26(18)21(20(19)24)22(28)14-5-9-16(10-6-14)27(30)31/h2-13H,24H2,1H3,(H,25,29). The Kier molecular flexibility index (Phi) is 5.30. The maximum Gasteiger partial charge on any atom is 0.269 e. The van der Waals surface area contributed by atoms with Gasteiger partial charge in [0, 0.05) is 29.6 Å². The summed E-state index contributed by atoms with van der Waals surface area (Å²) in [6.45, 7) is 0. The second-order valence-electron chi connectivity index (χ2n) is 6.91. The largest absolute Gasteiger partial charge is 0.497 e. The lowest BCUT2D eigenvalue weighted by molar-refractivity contribution is -0.384. The zero-order chi connectivity index (χ0) is 22.8. The molecule has 0 radical (unpaired) electrons. The van der Waals surface area contributed by atoms with Crippen LogP contribution < -0.4 is 15.8 Å². The van der Waals surface area contributed by atoms with Gasteiger partial charge in [0.1, 0.15) is 11.4 Å². The van der Waals surface area contributed by atoms with Gasteiger partial charge in [-0.25, -0.2) is 0 Å². The van der Waals surface area contributed by atoms with Gasteiger partial charge in [-0.15, -0.1) is 0 Å². The van der Waals surface area contributed by atoms with Gasteiger partial charge in [0.05, 0.1) is 28.8 Å². The van der Waals surface area contributed by atoms with E-state index >= 15 is 0 Å². The Labute approximate surface area is 182 Å². The Hall–Kier alpha value is -4.66. The molecule has 0 aliphatic rings. The summed E-state index contributed by atoms with van der Waals surface area (Å²) in [7, 11) is 1.55. The molecule has 2 heterocycles. The molecule has 0 aliphatic carbocycles. The average Bonchev–Trinajstić information content (AvgIpc) is 3.11. The zero-order valence-corrected chi connectivity index (χ0v) is 16.9. The number of nitrogens with zero attached hydrogens (tertiary/aromatic N) is 2. The van der Waals surface area contributed by atoms with E-state index in [2.05, 4.69) is 5.32 Å². The summed E-state index contributed by atoms with van der Waals surface area (Å²) >= 11 is 0. The molecule has 0 bridgehead atoms. The minimum absolute atomic E-state index is 0.0190. The number of nitrogen functional groups attached to an aromatic ring is 1. The number of nitrogens with one attached hydrogen (secondary N) is 1. The second kappa shape index (κ2) is 8.23. The van der Waals surface area contributed by atoms with Crippen LogP contribution in [0.2, 0.25) is 0 Å². The number of ketones is 1. The quantitative estimate of drug-likeness (QED) is 0.271. The van der Waals surface area contributed by atoms with E-state index in [0.717, 1.165) is 0 Å². The summed E-state index contributed by atoms with van der Waals surface area (Å²) in [5.74, 6) is -0.283. The summed E-state index contributed by atoms with van der Waals surface area (Å²) in [5.41, 5.74) is 7.67. The number of ether oxygens (including phenoxy) is 1. The molecule has 0 spiro atoms. The van der Waals surface area contributed by atoms with Gasteiger partial charge >= 0.3 is 0 Å². The van der Waals surface area contributed by atoms with E-state index in [1.807, 2.05) is 0 Å². The van der Waals surface area contributed by atoms with Crippen molar-refractivity contribution in [2.24, 2.45) is 0 Å². The molecule has 1 amide bonds. The van der Waals surface area contributed by atoms with Gasteiger partial charge < -0.3 is 20.2 Å². The number of carbonyl (C=O) groups is 2. The Bertz CT molecular complexity index is 1340. The number of hydrogen-bond acceptors (Lipinski definition) is 6. The van der Waals surface area contributed by atoms with Gasteiger partial charge in [-0.3, -0.25) is 19.7 Å². The molecule has 4 aromatic rings. The maximum atomic E-state index is 13.2. The van der Waals surface area contributed by atoms with Gasteiger partial charge in [0.15, 0.2) is 0 Å². The average molecular weight is 430 g/mol. The van der Waals surface area contributed by atoms with Crippen LogP contribution in [0.4, 0.5) is 17.1 Å². The fourth-order valence-electron chi connectivity index (χ4n) is 3.44. The van der Waals surface area contributed by atoms with E-state index in [9.17, 15) is 19.7 Å². The number of amides is 1. The van der Waals surface area contributed by atoms with Crippen LogP contribution in [0.3, 0.4) is 0 Å². The van der Waals surface area contributed by atoms with E-state index < -0.39 is 16.6 Å². The predicted molar refractivity (Wildman–Crippen MR) is 119 cm³/mol. The number of nitro groups is 1. The zero-order valence-electron chi connectivity index (χ0n) is 16.9. The topological polar surface area (TPSA) is 129 Å². The van der Waals surface area contributed by atoms with Crippen molar-refractivity contribution in [3.05, 3.63) is 99.9 Å². The fourth-order valence-corrected chi connectivity index (χ4v) is 3.44. The molecule has 0 saturated carbocycles. The van der Waals surface area contributed by atoms with Crippen molar-refractivity contribution in [3.63, 3.8) is 0 Å². The first-order valence-corrected chi connectivity index (χ1v) is 9.53. The Morgan fingerprint density at radius 1 is 1.03 bits per heavy atom. The highest BCUT2D eigenvalue weighted by molar-refractivity contribution is 6.20. The minimum atomic E-state index is -0.545. The van der Waals surface area contributed by atoms with E-state index in [1.165, 1.54) is 24.3 Å². The molecule has 2 aromatic carbocycles. The molecule has 0 saturated heterocycles. The molecule has 0 fully saturated rings. The van der Waals surface area contributed by atoms with E-state index in [1.54, 1.807) is 60.2 Å². The van der Waals surface area contributed by atoms with Crippen molar-refractivity contribution in [3.8, 4) is 5.75 Å². The van der Waals surface area contributed by atoms with Crippen molar-refractivity contribution in [1.82, 2.24) is 4.40 Å². The molecule has 0 atom stereocenters. The number of non-ortho nitro benzene ring substituents is 1. The molecule has 9 heteroatoms. The van der Waals surface area contributed by atoms with Crippen molar-refractivity contribution in [2.45, 2.75) is 0 Å². The van der Waals surface area contributed by atoms with Crippen LogP contribution in [0, 0.1) is 10.1 Å². The number of nitro benzene ring substituents is 1. The monoisotopic (exact) mass is 430 g/mol. The summed E-state index contributed by atoms with van der Waals surface area (Å²) in [5, 5.41) is 13.7. The fraction of sp³-hybridized carbons (Fsp3) is 0.0435. The third-order valence-corrected chi connectivity index (χ3v) is 5.01. The molecule has 0 unspecified atom stereocenters. The van der Waals surface area contributed by atoms with Crippen LogP contribution in [0.15, 0.2) is 72.9 Å². The van der Waals surface area contributed by atoms with E-state index in [4.69, 9.17) is 10.5 Å². The number of rotatable bonds is 6. The van der Waals surface area contributed by atoms with Crippen LogP contribution in [-0.4, -0.2) is 28.1 Å². The van der Waals surface area contributed by atoms with Crippen LogP contribution in [-0.2, 0) is 0 Å². The molecule has 160 valence electrons. The van der Waals surface area contributed by atoms with Gasteiger partial charge in [-0.1, -0.05) is 6.07 Å². The molecule has 3 N–H and O–H groups in total. The lowest BCUT2D eigenvalue weighted by Gasteiger charge is -2.07. The van der Waals surface area contributed by atoms with E-state index in [0.29, 0.717) is 17.0 Å². The van der Waals surface area contributed by atoms with Gasteiger partial charge in [-0.05, 0) is 48.5 Å². The lowest BCUT2D eigenvalue weighted by Crippen LogP contribution is -2.14. The summed E-state index contributed by atoms with van der Waals surface area (Å²) in [4.78, 5) is 36.6. The van der Waals surface area contributed by atoms with E-state index in [-0.39, 0.29) is 28.2 Å². The highest BCUT2D eigenvalue weighted by atomic mass is 16.6. The number of pyridine rings is 1. The van der Waals surface area contributed by atoms with Crippen LogP contribution in [0.5, 0.6) is 5.75 Å². The molecule has 0 aliphatic heterocycles. The smallest absolute Gasteiger partial charge is 0.269 e. The number of carbonyl (C=O) groups excluding carboxylic acids is 2. The maximum absolute atomic E-state index is 13.2. The number of nitrogens with two attached hydrogens (primary N) is 1. The van der Waals surface area contributed by atoms with Crippen molar-refractivity contribution in [1.29, 1.82) is 0 Å². The van der Waals surface area contributed by atoms with Crippen molar-refractivity contribution < 1.29 is 19.2 Å². The number of methoxy groups -OCH3 is 1. The third-order valence-electron chi connectivity index (χ3n) is 5.01. The third kappa shape index (κ3) is 3.63. The molecular weight excluding hydrogens is 412 g/mol. The number of hydrogen-bond donors (Lipinski definition) is 2. The first-order chi connectivity index (χ1) is 15.4. The second-order valence-corrected chi connectivity index (χ2v) is 6.91. The number of benzene rings is 2. The van der Waals surface area contributed by atoms with Crippen LogP contribution in [0.25, 0.3) is 5.52 Å². The first kappa shape index (κ1) is 20.6. The molecule has 4 rings (SSSR count). The van der Waals surface area contributed by atoms with Crippen molar-refractivity contribution in [2.75, 3.05) is 18.2 Å². The van der Waals surface area contributed by atoms with Crippen LogP contribution in [0.1, 0.15) is 26.4 Å². The molecule has 32 heavy (non-hydrogen) atoms. The lowest BCUT2D eigenvalue weighted by atomic mass is 10.1. The number of fused-ring (bicyclic) bond motifs is 1. The van der Waals surface area contributed by atoms with Crippen LogP contribution >= 0.6 is 0 Å². The predicted octanol–water partition coefficient (Wildman–Crippen LogP) is 3.92. The normalized spacial score (nSPS) is 10.7. The highest BCUT2D eigenvalue weighted by Gasteiger charge is 2.26.